The Hall–Kier alpha value is -2.59. The fourth-order valence-electron chi connectivity index (χ4n) is 8.13. The van der Waals surface area contributed by atoms with Crippen LogP contribution in [-0.2, 0) is 26.6 Å². The molecule has 45 heavy (non-hydrogen) atoms. The zero-order valence-electron chi connectivity index (χ0n) is 25.8. The Bertz CT molecular complexity index is 1590. The van der Waals surface area contributed by atoms with Gasteiger partial charge in [-0.05, 0) is 104 Å². The van der Waals surface area contributed by atoms with Crippen molar-refractivity contribution in [3.05, 3.63) is 70.3 Å². The normalized spacial score (nSPS) is 33.5. The van der Waals surface area contributed by atoms with Gasteiger partial charge >= 0.3 is 0 Å². The minimum absolute atomic E-state index is 0.0913. The van der Waals surface area contributed by atoms with Gasteiger partial charge in [-0.1, -0.05) is 42.7 Å². The number of carbonyl (C=O) groups excluding carboxylic acids is 1. The number of carbonyl (C=O) groups is 1. The number of hydrogen-bond acceptors (Lipinski definition) is 7. The third-order valence-electron chi connectivity index (χ3n) is 11.0. The average Bonchev–Trinajstić information content (AvgIpc) is 3.83. The number of halogens is 1. The van der Waals surface area contributed by atoms with Crippen molar-refractivity contribution in [2.75, 3.05) is 31.7 Å². The molecule has 0 aromatic heterocycles. The molecule has 1 spiro atoms. The lowest BCUT2D eigenvalue weighted by Crippen LogP contribution is -2.49. The molecule has 0 radical (unpaired) electrons. The maximum atomic E-state index is 13.8. The number of aliphatic hydroxyl groups excluding tert-OH is 1. The Morgan fingerprint density at radius 2 is 2.00 bits per heavy atom. The molecule has 0 saturated heterocycles. The number of nitrogens with one attached hydrogen (secondary N) is 1. The van der Waals surface area contributed by atoms with E-state index in [2.05, 4.69) is 21.8 Å². The van der Waals surface area contributed by atoms with Gasteiger partial charge in [0.05, 0.1) is 24.5 Å². The third kappa shape index (κ3) is 6.13. The molecule has 3 aliphatic carbocycles. The quantitative estimate of drug-likeness (QED) is 0.427. The summed E-state index contributed by atoms with van der Waals surface area (Å²) in [7, 11) is -2.55. The largest absolute Gasteiger partial charge is 0.490 e. The molecular formula is C35H43ClN2O6S. The highest BCUT2D eigenvalue weighted by molar-refractivity contribution is 7.90. The standard InChI is InChI=1S/C35H43ClN2O6S/c1-43-32-6-2-5-30(39)27-12-9-25(27)19-38-20-35(15-3-4-23-17-26(36)11-13-28(23)35)21-44-31-14-10-24(18-29(31)38)34(40)37-45(41,42)33(32)16-22-7-8-22/h2,5,10-11,13-14,17-18,22,25,27,30,32-33,39H,3-4,6-9,12,15-16,19-21H2,1H3,(H,37,40)/b5-2-/t25-,27+,30-,32+,33+,35-/m0/s1. The molecule has 242 valence electrons. The second-order valence-electron chi connectivity index (χ2n) is 13.9. The maximum Gasteiger partial charge on any atom is 0.264 e. The number of methoxy groups -OCH3 is 1. The SMILES string of the molecule is CO[C@@H]1C/C=C\[C@H](O)[C@@H]2CC[C@H]2CN2C[C@@]3(CCCc4cc(Cl)ccc43)COc3ccc(cc32)C(=O)NS(=O)(=O)[C@@H]1CC1CC1. The first kappa shape index (κ1) is 31.0. The van der Waals surface area contributed by atoms with Crippen molar-refractivity contribution in [3.8, 4) is 5.75 Å². The van der Waals surface area contributed by atoms with Crippen LogP contribution in [0.5, 0.6) is 5.75 Å². The first-order chi connectivity index (χ1) is 21.7. The van der Waals surface area contributed by atoms with Crippen LogP contribution in [0.4, 0.5) is 5.69 Å². The minimum atomic E-state index is -4.06. The van der Waals surface area contributed by atoms with Crippen LogP contribution in [0.25, 0.3) is 0 Å². The van der Waals surface area contributed by atoms with E-state index in [9.17, 15) is 18.3 Å². The Morgan fingerprint density at radius 3 is 2.76 bits per heavy atom. The van der Waals surface area contributed by atoms with Gasteiger partial charge in [0.15, 0.2) is 0 Å². The second kappa shape index (κ2) is 12.2. The highest BCUT2D eigenvalue weighted by Crippen LogP contribution is 2.47. The molecule has 2 saturated carbocycles. The van der Waals surface area contributed by atoms with Crippen LogP contribution in [0.1, 0.15) is 72.9 Å². The Morgan fingerprint density at radius 1 is 1.16 bits per heavy atom. The molecule has 2 N–H and O–H groups in total. The van der Waals surface area contributed by atoms with Gasteiger partial charge in [0.25, 0.3) is 5.91 Å². The summed E-state index contributed by atoms with van der Waals surface area (Å²) in [5, 5.41) is 11.1. The summed E-state index contributed by atoms with van der Waals surface area (Å²) >= 11 is 6.41. The van der Waals surface area contributed by atoms with E-state index in [1.165, 1.54) is 18.2 Å². The number of amides is 1. The fraction of sp³-hybridized carbons (Fsp3) is 0.571. The molecule has 1 amide bonds. The predicted molar refractivity (Wildman–Crippen MR) is 175 cm³/mol. The van der Waals surface area contributed by atoms with Gasteiger partial charge in [-0.3, -0.25) is 4.79 Å². The number of fused-ring (bicyclic) bond motifs is 4. The van der Waals surface area contributed by atoms with Crippen LogP contribution in [0, 0.1) is 17.8 Å². The number of ether oxygens (including phenoxy) is 2. The highest BCUT2D eigenvalue weighted by atomic mass is 35.5. The molecule has 8 nitrogen and oxygen atoms in total. The summed E-state index contributed by atoms with van der Waals surface area (Å²) in [6, 6.07) is 11.4. The number of nitrogens with zero attached hydrogens (tertiary/aromatic N) is 1. The third-order valence-corrected chi connectivity index (χ3v) is 13.0. The molecule has 2 heterocycles. The Labute approximate surface area is 271 Å². The van der Waals surface area contributed by atoms with E-state index < -0.39 is 33.4 Å². The van der Waals surface area contributed by atoms with Gasteiger partial charge in [0.1, 0.15) is 11.0 Å². The van der Waals surface area contributed by atoms with Gasteiger partial charge in [0.2, 0.25) is 10.0 Å². The topological polar surface area (TPSA) is 105 Å². The monoisotopic (exact) mass is 654 g/mol. The van der Waals surface area contributed by atoms with Crippen molar-refractivity contribution in [1.29, 1.82) is 0 Å². The molecule has 2 aromatic rings. The summed E-state index contributed by atoms with van der Waals surface area (Å²) in [5.41, 5.74) is 3.29. The lowest BCUT2D eigenvalue weighted by molar-refractivity contribution is 0.0451. The number of aryl methyl sites for hydroxylation is 1. The first-order valence-electron chi connectivity index (χ1n) is 16.4. The smallest absolute Gasteiger partial charge is 0.264 e. The van der Waals surface area contributed by atoms with Crippen molar-refractivity contribution < 1.29 is 27.8 Å². The highest BCUT2D eigenvalue weighted by Gasteiger charge is 2.45. The van der Waals surface area contributed by atoms with Crippen molar-refractivity contribution in [2.24, 2.45) is 17.8 Å². The van der Waals surface area contributed by atoms with Crippen LogP contribution in [0.15, 0.2) is 48.6 Å². The summed E-state index contributed by atoms with van der Waals surface area (Å²) < 4.78 is 42.2. The van der Waals surface area contributed by atoms with Crippen LogP contribution in [0.2, 0.25) is 5.02 Å². The number of anilines is 1. The molecule has 2 aliphatic heterocycles. The van der Waals surface area contributed by atoms with E-state index in [1.807, 2.05) is 18.2 Å². The molecule has 2 aromatic carbocycles. The van der Waals surface area contributed by atoms with Crippen LogP contribution < -0.4 is 14.4 Å². The van der Waals surface area contributed by atoms with Gasteiger partial charge in [-0.25, -0.2) is 13.1 Å². The van der Waals surface area contributed by atoms with Crippen molar-refractivity contribution in [1.82, 2.24) is 4.72 Å². The lowest BCUT2D eigenvalue weighted by Gasteiger charge is -2.45. The maximum absolute atomic E-state index is 13.8. The van der Waals surface area contributed by atoms with E-state index in [4.69, 9.17) is 21.1 Å². The number of aliphatic hydroxyl groups is 1. The van der Waals surface area contributed by atoms with Gasteiger partial charge in [-0.15, -0.1) is 0 Å². The predicted octanol–water partition coefficient (Wildman–Crippen LogP) is 5.40. The van der Waals surface area contributed by atoms with Crippen LogP contribution in [-0.4, -0.2) is 63.7 Å². The fourth-order valence-corrected chi connectivity index (χ4v) is 10.00. The zero-order valence-corrected chi connectivity index (χ0v) is 27.4. The van der Waals surface area contributed by atoms with Crippen LogP contribution >= 0.6 is 11.6 Å². The second-order valence-corrected chi connectivity index (χ2v) is 16.2. The summed E-state index contributed by atoms with van der Waals surface area (Å²) in [5.74, 6) is 0.684. The zero-order chi connectivity index (χ0) is 31.3. The van der Waals surface area contributed by atoms with Crippen molar-refractivity contribution in [2.45, 2.75) is 80.7 Å². The number of benzene rings is 2. The van der Waals surface area contributed by atoms with Gasteiger partial charge < -0.3 is 19.5 Å². The average molecular weight is 655 g/mol. The number of hydrogen-bond donors (Lipinski definition) is 2. The van der Waals surface area contributed by atoms with E-state index in [0.29, 0.717) is 44.2 Å². The summed E-state index contributed by atoms with van der Waals surface area (Å²) in [4.78, 5) is 16.0. The van der Waals surface area contributed by atoms with E-state index in [0.717, 1.165) is 55.7 Å². The van der Waals surface area contributed by atoms with Crippen molar-refractivity contribution in [3.63, 3.8) is 0 Å². The Balaban J connectivity index is 1.28. The molecule has 2 bridgehead atoms. The van der Waals surface area contributed by atoms with Crippen molar-refractivity contribution >= 4 is 33.2 Å². The molecule has 7 rings (SSSR count). The molecule has 5 aliphatic rings. The van der Waals surface area contributed by atoms with E-state index in [-0.39, 0.29) is 22.8 Å². The Kier molecular flexibility index (Phi) is 8.42. The van der Waals surface area contributed by atoms with E-state index in [1.54, 1.807) is 18.2 Å². The molecule has 2 fully saturated rings. The van der Waals surface area contributed by atoms with Crippen LogP contribution in [0.3, 0.4) is 0 Å². The van der Waals surface area contributed by atoms with Gasteiger partial charge in [-0.2, -0.15) is 0 Å². The number of rotatable bonds is 3. The summed E-state index contributed by atoms with van der Waals surface area (Å²) in [6.45, 7) is 1.88. The molecule has 0 unspecified atom stereocenters. The van der Waals surface area contributed by atoms with Gasteiger partial charge in [0, 0.05) is 36.2 Å². The molecular weight excluding hydrogens is 612 g/mol. The lowest BCUT2D eigenvalue weighted by atomic mass is 9.68. The van der Waals surface area contributed by atoms with E-state index >= 15 is 0 Å². The minimum Gasteiger partial charge on any atom is -0.490 e. The summed E-state index contributed by atoms with van der Waals surface area (Å²) in [6.07, 6.45) is 10.0. The first-order valence-corrected chi connectivity index (χ1v) is 18.3. The molecule has 6 atom stereocenters. The molecule has 10 heteroatoms. The number of sulfonamides is 1.